The standard InChI is InChI=1S/C28H27NO8/c1-35-19-13-11-18(12-14-19)28(34)25(29-26(32)20-9-5-6-10-21(20)27(29)33)24(31)23(30)22(37-28)16-36-15-17-7-3-2-4-8-17/h2-14,22-25,30-31,34H,15-16H2,1H3/t22-,23-,24+,25-,28-/m1/s1. The largest absolute Gasteiger partial charge is 0.497 e. The summed E-state index contributed by atoms with van der Waals surface area (Å²) >= 11 is 0. The molecule has 5 rings (SSSR count). The van der Waals surface area contributed by atoms with Crippen LogP contribution in [0, 0.1) is 0 Å². The molecule has 0 radical (unpaired) electrons. The first-order valence-electron chi connectivity index (χ1n) is 11.8. The minimum absolute atomic E-state index is 0.139. The van der Waals surface area contributed by atoms with Gasteiger partial charge in [-0.05, 0) is 42.0 Å². The highest BCUT2D eigenvalue weighted by molar-refractivity contribution is 6.21. The van der Waals surface area contributed by atoms with Crippen LogP contribution in [-0.2, 0) is 21.9 Å². The van der Waals surface area contributed by atoms with Gasteiger partial charge in [0.15, 0.2) is 0 Å². The SMILES string of the molecule is COc1ccc([C@@]2(O)O[C@H](COCc3ccccc3)[C@@H](O)[C@H](O)[C@H]2N2C(=O)c3ccccc3C2=O)cc1. The first-order chi connectivity index (χ1) is 17.8. The minimum atomic E-state index is -2.36. The molecule has 0 aromatic heterocycles. The Morgan fingerprint density at radius 1 is 0.865 bits per heavy atom. The van der Waals surface area contributed by atoms with E-state index in [-0.39, 0.29) is 29.9 Å². The predicted octanol–water partition coefficient (Wildman–Crippen LogP) is 1.84. The number of carbonyl (C=O) groups is 2. The summed E-state index contributed by atoms with van der Waals surface area (Å²) in [5.41, 5.74) is 1.33. The lowest BCUT2D eigenvalue weighted by molar-refractivity contribution is -0.338. The Morgan fingerprint density at radius 2 is 1.46 bits per heavy atom. The molecule has 192 valence electrons. The molecule has 0 spiro atoms. The molecule has 3 aromatic rings. The van der Waals surface area contributed by atoms with Crippen molar-refractivity contribution in [3.8, 4) is 5.75 Å². The molecule has 3 N–H and O–H groups in total. The molecule has 3 aromatic carbocycles. The molecule has 2 aliphatic heterocycles. The Bertz CT molecular complexity index is 1250. The van der Waals surface area contributed by atoms with Crippen molar-refractivity contribution in [2.75, 3.05) is 13.7 Å². The first-order valence-corrected chi connectivity index (χ1v) is 11.8. The van der Waals surface area contributed by atoms with E-state index in [4.69, 9.17) is 14.2 Å². The van der Waals surface area contributed by atoms with E-state index in [0.717, 1.165) is 10.5 Å². The summed E-state index contributed by atoms with van der Waals surface area (Å²) in [5, 5.41) is 34.2. The van der Waals surface area contributed by atoms with Gasteiger partial charge >= 0.3 is 0 Å². The number of methoxy groups -OCH3 is 1. The number of carbonyl (C=O) groups excluding carboxylic acids is 2. The quantitative estimate of drug-likeness (QED) is 0.416. The fourth-order valence-electron chi connectivity index (χ4n) is 4.86. The molecular weight excluding hydrogens is 478 g/mol. The fraction of sp³-hybridized carbons (Fsp3) is 0.286. The maximum Gasteiger partial charge on any atom is 0.262 e. The number of rotatable bonds is 7. The summed E-state index contributed by atoms with van der Waals surface area (Å²) in [7, 11) is 1.49. The monoisotopic (exact) mass is 505 g/mol. The van der Waals surface area contributed by atoms with Crippen molar-refractivity contribution in [3.63, 3.8) is 0 Å². The third-order valence-corrected chi connectivity index (χ3v) is 6.79. The van der Waals surface area contributed by atoms with Crippen LogP contribution in [0.2, 0.25) is 0 Å². The van der Waals surface area contributed by atoms with E-state index in [9.17, 15) is 24.9 Å². The van der Waals surface area contributed by atoms with Crippen molar-refractivity contribution in [3.05, 3.63) is 101 Å². The number of fused-ring (bicyclic) bond motifs is 1. The molecule has 1 saturated heterocycles. The lowest BCUT2D eigenvalue weighted by Gasteiger charge is -2.50. The number of hydrogen-bond acceptors (Lipinski definition) is 8. The Morgan fingerprint density at radius 3 is 2.05 bits per heavy atom. The Labute approximate surface area is 213 Å². The number of amides is 2. The molecule has 9 nitrogen and oxygen atoms in total. The number of hydrogen-bond donors (Lipinski definition) is 3. The summed E-state index contributed by atoms with van der Waals surface area (Å²) in [4.78, 5) is 27.3. The summed E-state index contributed by atoms with van der Waals surface area (Å²) in [6.07, 6.45) is -4.48. The van der Waals surface area contributed by atoms with Gasteiger partial charge in [-0.25, -0.2) is 0 Å². The highest BCUT2D eigenvalue weighted by Gasteiger charge is 2.60. The summed E-state index contributed by atoms with van der Waals surface area (Å²) in [6.45, 7) is 0.0484. The van der Waals surface area contributed by atoms with Crippen LogP contribution in [0.5, 0.6) is 5.75 Å². The Balaban J connectivity index is 1.49. The molecule has 1 fully saturated rings. The van der Waals surface area contributed by atoms with Crippen LogP contribution in [0.1, 0.15) is 31.8 Å². The molecule has 2 heterocycles. The van der Waals surface area contributed by atoms with Crippen LogP contribution in [-0.4, -0.2) is 70.1 Å². The van der Waals surface area contributed by atoms with Gasteiger partial charge in [0.25, 0.3) is 11.8 Å². The Hall–Kier alpha value is -3.60. The van der Waals surface area contributed by atoms with Gasteiger partial charge in [0, 0.05) is 5.56 Å². The zero-order chi connectivity index (χ0) is 26.2. The van der Waals surface area contributed by atoms with E-state index in [1.807, 2.05) is 30.3 Å². The van der Waals surface area contributed by atoms with Crippen molar-refractivity contribution < 1.29 is 39.1 Å². The zero-order valence-electron chi connectivity index (χ0n) is 20.1. The van der Waals surface area contributed by atoms with E-state index < -0.39 is 42.0 Å². The molecule has 2 amide bonds. The highest BCUT2D eigenvalue weighted by atomic mass is 16.7. The van der Waals surface area contributed by atoms with Gasteiger partial charge in [0.1, 0.15) is 30.1 Å². The lowest BCUT2D eigenvalue weighted by atomic mass is 9.85. The molecular formula is C28H27NO8. The van der Waals surface area contributed by atoms with E-state index in [2.05, 4.69) is 0 Å². The second-order valence-corrected chi connectivity index (χ2v) is 9.03. The molecule has 37 heavy (non-hydrogen) atoms. The average Bonchev–Trinajstić information content (AvgIpc) is 3.17. The predicted molar refractivity (Wildman–Crippen MR) is 131 cm³/mol. The van der Waals surface area contributed by atoms with Crippen LogP contribution in [0.25, 0.3) is 0 Å². The van der Waals surface area contributed by atoms with Gasteiger partial charge in [0.05, 0.1) is 31.5 Å². The van der Waals surface area contributed by atoms with Crippen molar-refractivity contribution in [2.45, 2.75) is 36.7 Å². The average molecular weight is 506 g/mol. The van der Waals surface area contributed by atoms with Gasteiger partial charge in [-0.2, -0.15) is 0 Å². The molecule has 9 heteroatoms. The second kappa shape index (κ2) is 10.0. The van der Waals surface area contributed by atoms with Gasteiger partial charge in [-0.1, -0.05) is 42.5 Å². The van der Waals surface area contributed by atoms with Gasteiger partial charge in [-0.15, -0.1) is 0 Å². The molecule has 0 unspecified atom stereocenters. The van der Waals surface area contributed by atoms with Crippen molar-refractivity contribution in [1.29, 1.82) is 0 Å². The van der Waals surface area contributed by atoms with E-state index in [0.29, 0.717) is 5.75 Å². The normalized spacial score (nSPS) is 27.3. The third kappa shape index (κ3) is 4.41. The smallest absolute Gasteiger partial charge is 0.262 e. The summed E-state index contributed by atoms with van der Waals surface area (Å²) < 4.78 is 16.9. The number of nitrogens with zero attached hydrogens (tertiary/aromatic N) is 1. The van der Waals surface area contributed by atoms with Crippen molar-refractivity contribution >= 4 is 11.8 Å². The van der Waals surface area contributed by atoms with Gasteiger partial charge < -0.3 is 29.5 Å². The maximum absolute atomic E-state index is 13.3. The lowest BCUT2D eigenvalue weighted by Crippen LogP contribution is -2.69. The minimum Gasteiger partial charge on any atom is -0.497 e. The number of imide groups is 1. The third-order valence-electron chi connectivity index (χ3n) is 6.79. The van der Waals surface area contributed by atoms with Crippen LogP contribution < -0.4 is 4.74 Å². The van der Waals surface area contributed by atoms with Crippen molar-refractivity contribution in [2.24, 2.45) is 0 Å². The van der Waals surface area contributed by atoms with E-state index >= 15 is 0 Å². The van der Waals surface area contributed by atoms with Gasteiger partial charge in [0.2, 0.25) is 5.79 Å². The number of benzene rings is 3. The topological polar surface area (TPSA) is 126 Å². The van der Waals surface area contributed by atoms with Crippen LogP contribution in [0.15, 0.2) is 78.9 Å². The van der Waals surface area contributed by atoms with Gasteiger partial charge in [-0.3, -0.25) is 14.5 Å². The molecule has 2 aliphatic rings. The van der Waals surface area contributed by atoms with Crippen molar-refractivity contribution in [1.82, 2.24) is 4.90 Å². The molecule has 0 bridgehead atoms. The van der Waals surface area contributed by atoms with E-state index in [1.165, 1.54) is 31.4 Å². The van der Waals surface area contributed by atoms with E-state index in [1.54, 1.807) is 24.3 Å². The molecule has 0 aliphatic carbocycles. The maximum atomic E-state index is 13.3. The number of ether oxygens (including phenoxy) is 3. The number of aliphatic hydroxyl groups excluding tert-OH is 2. The summed E-state index contributed by atoms with van der Waals surface area (Å²) in [6, 6.07) is 20.1. The molecule has 5 atom stereocenters. The van der Waals surface area contributed by atoms with Crippen LogP contribution in [0.4, 0.5) is 0 Å². The Kier molecular flexibility index (Phi) is 6.80. The summed E-state index contributed by atoms with van der Waals surface area (Å²) in [5.74, 6) is -3.26. The highest BCUT2D eigenvalue weighted by Crippen LogP contribution is 2.42. The zero-order valence-corrected chi connectivity index (χ0v) is 20.1. The fourth-order valence-corrected chi connectivity index (χ4v) is 4.86. The molecule has 0 saturated carbocycles. The first kappa shape index (κ1) is 25.1. The second-order valence-electron chi connectivity index (χ2n) is 9.03. The van der Waals surface area contributed by atoms with Crippen LogP contribution >= 0.6 is 0 Å². The van der Waals surface area contributed by atoms with Crippen LogP contribution in [0.3, 0.4) is 0 Å². The number of aliphatic hydroxyl groups is 3.